The Hall–Kier alpha value is -4.11. The molecular formula is C37H34O2Si3. The zero-order valence-corrected chi connectivity index (χ0v) is 27.2. The maximum atomic E-state index is 8.11. The quantitative estimate of drug-likeness (QED) is 0.178. The van der Waals surface area contributed by atoms with Gasteiger partial charge in [0.05, 0.1) is 0 Å². The maximum Gasteiger partial charge on any atom is 0.387 e. The van der Waals surface area contributed by atoms with Gasteiger partial charge in [-0.15, -0.1) is 0 Å². The summed E-state index contributed by atoms with van der Waals surface area (Å²) >= 11 is 0. The van der Waals surface area contributed by atoms with Gasteiger partial charge < -0.3 is 8.23 Å². The van der Waals surface area contributed by atoms with Crippen LogP contribution in [0.1, 0.15) is 5.56 Å². The van der Waals surface area contributed by atoms with Gasteiger partial charge in [0.15, 0.2) is 9.76 Å². The van der Waals surface area contributed by atoms with E-state index in [1.807, 2.05) is 0 Å². The third-order valence-corrected chi connectivity index (χ3v) is 18.7. The zero-order chi connectivity index (χ0) is 28.7. The summed E-state index contributed by atoms with van der Waals surface area (Å²) in [7, 11) is -7.59. The molecule has 0 aliphatic rings. The van der Waals surface area contributed by atoms with Gasteiger partial charge in [-0.05, 0) is 38.0 Å². The van der Waals surface area contributed by atoms with E-state index in [1.54, 1.807) is 0 Å². The summed E-state index contributed by atoms with van der Waals surface area (Å²) in [5.41, 5.74) is 1.23. The van der Waals surface area contributed by atoms with Crippen LogP contribution in [0.4, 0.5) is 0 Å². The van der Waals surface area contributed by atoms with E-state index in [-0.39, 0.29) is 0 Å². The molecule has 0 fully saturated rings. The Morgan fingerprint density at radius 1 is 0.405 bits per heavy atom. The molecule has 0 amide bonds. The van der Waals surface area contributed by atoms with Crippen molar-refractivity contribution in [3.63, 3.8) is 0 Å². The molecule has 0 aromatic heterocycles. The van der Waals surface area contributed by atoms with E-state index in [0.717, 1.165) is 10.4 Å². The molecule has 0 bridgehead atoms. The number of rotatable bonds is 10. The molecule has 0 aliphatic heterocycles. The highest BCUT2D eigenvalue weighted by Gasteiger charge is 2.53. The summed E-state index contributed by atoms with van der Waals surface area (Å²) in [6, 6.07) is 62.6. The van der Waals surface area contributed by atoms with Gasteiger partial charge in [-0.25, -0.2) is 0 Å². The van der Waals surface area contributed by atoms with Gasteiger partial charge in [-0.3, -0.25) is 0 Å². The lowest BCUT2D eigenvalue weighted by molar-refractivity contribution is 0.442. The van der Waals surface area contributed by atoms with Crippen molar-refractivity contribution < 1.29 is 8.23 Å². The van der Waals surface area contributed by atoms with Gasteiger partial charge in [-0.2, -0.15) is 0 Å². The standard InChI is InChI=1S/C37H34O2Si3/c1-31-27-29-35(30-28-31)41(33-19-9-3-10-20-33,34-21-11-4-12-22-34)39-42(36-23-13-5-14-24-36,37-25-15-6-16-26-37)38-40-32-17-7-2-8-18-32/h2-30H,40H2,1H3. The van der Waals surface area contributed by atoms with Crippen molar-refractivity contribution >= 4 is 57.8 Å². The normalized spacial score (nSPS) is 12.0. The minimum absolute atomic E-state index is 1.12. The molecule has 6 aromatic rings. The third-order valence-electron chi connectivity index (χ3n) is 7.71. The Kier molecular flexibility index (Phi) is 8.55. The Labute approximate surface area is 253 Å². The van der Waals surface area contributed by atoms with Gasteiger partial charge in [0.2, 0.25) is 0 Å². The fourth-order valence-electron chi connectivity index (χ4n) is 5.58. The molecule has 0 saturated carbocycles. The molecule has 42 heavy (non-hydrogen) atoms. The first-order valence-corrected chi connectivity index (χ1v) is 19.4. The van der Waals surface area contributed by atoms with Crippen LogP contribution in [0.2, 0.25) is 0 Å². The summed E-state index contributed by atoms with van der Waals surface area (Å²) in [5, 5.41) is 7.11. The van der Waals surface area contributed by atoms with Crippen LogP contribution >= 0.6 is 0 Å². The van der Waals surface area contributed by atoms with E-state index >= 15 is 0 Å². The minimum Gasteiger partial charge on any atom is -0.431 e. The first-order chi connectivity index (χ1) is 20.7. The van der Waals surface area contributed by atoms with Gasteiger partial charge in [0.1, 0.15) is 0 Å². The third kappa shape index (κ3) is 5.66. The molecule has 5 heteroatoms. The molecule has 6 aromatic carbocycles. The predicted molar refractivity (Wildman–Crippen MR) is 183 cm³/mol. The van der Waals surface area contributed by atoms with Crippen molar-refractivity contribution in [1.82, 2.24) is 0 Å². The van der Waals surface area contributed by atoms with Crippen molar-refractivity contribution in [2.24, 2.45) is 0 Å². The van der Waals surface area contributed by atoms with Crippen LogP contribution < -0.4 is 31.1 Å². The van der Waals surface area contributed by atoms with E-state index in [4.69, 9.17) is 8.23 Å². The van der Waals surface area contributed by atoms with Crippen LogP contribution in [0.3, 0.4) is 0 Å². The Balaban J connectivity index is 1.66. The highest BCUT2D eigenvalue weighted by Crippen LogP contribution is 2.19. The molecule has 0 atom stereocenters. The smallest absolute Gasteiger partial charge is 0.387 e. The lowest BCUT2D eigenvalue weighted by atomic mass is 10.2. The summed E-state index contributed by atoms with van der Waals surface area (Å²) < 4.78 is 15.5. The molecule has 0 N–H and O–H groups in total. The second kappa shape index (κ2) is 12.8. The minimum atomic E-state index is -3.30. The van der Waals surface area contributed by atoms with Gasteiger partial charge in [-0.1, -0.05) is 181 Å². The van der Waals surface area contributed by atoms with Crippen LogP contribution in [0.5, 0.6) is 0 Å². The molecule has 0 aliphatic carbocycles. The molecule has 2 nitrogen and oxygen atoms in total. The van der Waals surface area contributed by atoms with Gasteiger partial charge >= 0.3 is 8.56 Å². The Morgan fingerprint density at radius 3 is 1.19 bits per heavy atom. The first-order valence-electron chi connectivity index (χ1n) is 14.4. The average Bonchev–Trinajstić information content (AvgIpc) is 3.08. The Morgan fingerprint density at radius 2 is 0.762 bits per heavy atom. The maximum absolute atomic E-state index is 8.11. The molecule has 0 spiro atoms. The topological polar surface area (TPSA) is 18.5 Å². The van der Waals surface area contributed by atoms with E-state index in [1.165, 1.54) is 26.3 Å². The molecule has 0 radical (unpaired) electrons. The zero-order valence-electron chi connectivity index (χ0n) is 23.8. The van der Waals surface area contributed by atoms with Crippen LogP contribution in [-0.2, 0) is 8.23 Å². The lowest BCUT2D eigenvalue weighted by Gasteiger charge is -2.43. The number of aryl methyl sites for hydroxylation is 1. The van der Waals surface area contributed by atoms with E-state index in [9.17, 15) is 0 Å². The van der Waals surface area contributed by atoms with E-state index in [0.29, 0.717) is 0 Å². The predicted octanol–water partition coefficient (Wildman–Crippen LogP) is 3.66. The fraction of sp³-hybridized carbons (Fsp3) is 0.0270. The summed E-state index contributed by atoms with van der Waals surface area (Å²) in [6.07, 6.45) is 0. The van der Waals surface area contributed by atoms with E-state index < -0.39 is 26.6 Å². The van der Waals surface area contributed by atoms with Crippen LogP contribution in [0.15, 0.2) is 176 Å². The highest BCUT2D eigenvalue weighted by molar-refractivity contribution is 7.13. The molecule has 206 valence electrons. The molecule has 0 unspecified atom stereocenters. The highest BCUT2D eigenvalue weighted by atomic mass is 28.5. The number of hydrogen-bond donors (Lipinski definition) is 0. The van der Waals surface area contributed by atoms with Crippen molar-refractivity contribution in [2.45, 2.75) is 6.92 Å². The van der Waals surface area contributed by atoms with E-state index in [2.05, 4.69) is 183 Å². The second-order valence-corrected chi connectivity index (χ2v) is 19.1. The number of benzene rings is 6. The molecule has 0 heterocycles. The van der Waals surface area contributed by atoms with Crippen molar-refractivity contribution in [2.75, 3.05) is 0 Å². The average molecular weight is 595 g/mol. The lowest BCUT2D eigenvalue weighted by Crippen LogP contribution is -2.78. The van der Waals surface area contributed by atoms with Crippen molar-refractivity contribution in [3.8, 4) is 0 Å². The molecule has 6 rings (SSSR count). The van der Waals surface area contributed by atoms with Crippen molar-refractivity contribution in [3.05, 3.63) is 181 Å². The largest absolute Gasteiger partial charge is 0.431 e. The van der Waals surface area contributed by atoms with Crippen LogP contribution in [-0.4, -0.2) is 26.6 Å². The summed E-state index contributed by atoms with van der Waals surface area (Å²) in [4.78, 5) is 0. The van der Waals surface area contributed by atoms with Crippen LogP contribution in [0.25, 0.3) is 0 Å². The molecule has 0 saturated heterocycles. The number of hydrogen-bond acceptors (Lipinski definition) is 2. The second-order valence-electron chi connectivity index (χ2n) is 10.5. The van der Waals surface area contributed by atoms with Crippen LogP contribution in [0, 0.1) is 6.92 Å². The van der Waals surface area contributed by atoms with Gasteiger partial charge in [0, 0.05) is 0 Å². The fourth-order valence-corrected chi connectivity index (χ4v) is 18.3. The summed E-state index contributed by atoms with van der Waals surface area (Å²) in [5.74, 6) is 0. The summed E-state index contributed by atoms with van der Waals surface area (Å²) in [6.45, 7) is 2.14. The first kappa shape index (κ1) is 28.0. The monoisotopic (exact) mass is 594 g/mol. The SMILES string of the molecule is Cc1ccc([Si](O[Si](O[SiH2]c2ccccc2)(c2ccccc2)c2ccccc2)(c2ccccc2)c2ccccc2)cc1. The molecular weight excluding hydrogens is 561 g/mol. The Bertz CT molecular complexity index is 1600. The van der Waals surface area contributed by atoms with Crippen molar-refractivity contribution in [1.29, 1.82) is 0 Å². The van der Waals surface area contributed by atoms with Gasteiger partial charge in [0.25, 0.3) is 8.32 Å².